The predicted molar refractivity (Wildman–Crippen MR) is 128 cm³/mol. The van der Waals surface area contributed by atoms with E-state index in [9.17, 15) is 14.4 Å². The molecule has 0 aliphatic carbocycles. The van der Waals surface area contributed by atoms with Crippen LogP contribution in [0.5, 0.6) is 0 Å². The van der Waals surface area contributed by atoms with Crippen molar-refractivity contribution in [3.05, 3.63) is 58.0 Å². The molecule has 10 heteroatoms. The Morgan fingerprint density at radius 2 is 1.91 bits per heavy atom. The molecule has 1 aliphatic heterocycles. The Kier molecular flexibility index (Phi) is 9.88. The number of aryl methyl sites for hydroxylation is 1. The second-order valence-electron chi connectivity index (χ2n) is 8.21. The minimum atomic E-state index is -1.34. The molecule has 9 nitrogen and oxygen atoms in total. The third kappa shape index (κ3) is 6.71. The maximum absolute atomic E-state index is 13.6. The van der Waals surface area contributed by atoms with Crippen molar-refractivity contribution in [2.45, 2.75) is 57.3 Å². The maximum atomic E-state index is 13.6. The minimum absolute atomic E-state index is 0.00990. The fraction of sp³-hybridized carbons (Fsp3) is 0.480. The zero-order valence-electron chi connectivity index (χ0n) is 19.8. The van der Waals surface area contributed by atoms with Gasteiger partial charge in [-0.15, -0.1) is 0 Å². The summed E-state index contributed by atoms with van der Waals surface area (Å²) in [7, 11) is 1.30. The van der Waals surface area contributed by atoms with Crippen molar-refractivity contribution >= 4 is 33.9 Å². The van der Waals surface area contributed by atoms with Crippen molar-refractivity contribution < 1.29 is 38.1 Å². The number of hydrogen-bond acceptors (Lipinski definition) is 8. The second kappa shape index (κ2) is 12.9. The van der Waals surface area contributed by atoms with Crippen LogP contribution in [0, 0.1) is 0 Å². The number of unbranched alkanes of at least 4 members (excludes halogenated alkanes) is 3. The number of esters is 1. The first-order chi connectivity index (χ1) is 16.9. The Balaban J connectivity index is 1.84. The van der Waals surface area contributed by atoms with Gasteiger partial charge in [-0.2, -0.15) is 0 Å². The number of aliphatic hydroxyl groups is 1. The van der Waals surface area contributed by atoms with E-state index in [1.807, 2.05) is 18.2 Å². The third-order valence-corrected chi connectivity index (χ3v) is 6.40. The fourth-order valence-electron chi connectivity index (χ4n) is 4.01. The summed E-state index contributed by atoms with van der Waals surface area (Å²) in [6.07, 6.45) is 0.699. The number of carbonyl (C=O) groups is 3. The summed E-state index contributed by atoms with van der Waals surface area (Å²) in [5.41, 5.74) is 0.731. The third-order valence-electron chi connectivity index (χ3n) is 5.73. The Bertz CT molecular complexity index is 1010. The van der Waals surface area contributed by atoms with Crippen LogP contribution in [0.3, 0.4) is 0 Å². The van der Waals surface area contributed by atoms with Gasteiger partial charge < -0.3 is 23.7 Å². The van der Waals surface area contributed by atoms with Crippen LogP contribution in [0.1, 0.15) is 61.8 Å². The molecule has 190 valence electrons. The number of furan rings is 1. The molecule has 3 atom stereocenters. The van der Waals surface area contributed by atoms with Gasteiger partial charge in [0.15, 0.2) is 12.2 Å². The normalized spacial score (nSPS) is 17.2. The van der Waals surface area contributed by atoms with Crippen molar-refractivity contribution in [3.63, 3.8) is 0 Å². The molecule has 2 amide bonds. The summed E-state index contributed by atoms with van der Waals surface area (Å²) in [5.74, 6) is -0.465. The number of ether oxygens (including phenoxy) is 3. The molecule has 1 N–H and O–H groups in total. The number of benzene rings is 1. The molecule has 3 rings (SSSR count). The van der Waals surface area contributed by atoms with Gasteiger partial charge in [0.1, 0.15) is 24.2 Å². The largest absolute Gasteiger partial charge is 0.461 e. The van der Waals surface area contributed by atoms with Gasteiger partial charge in [0.05, 0.1) is 4.47 Å². The van der Waals surface area contributed by atoms with Crippen LogP contribution < -0.4 is 0 Å². The van der Waals surface area contributed by atoms with Crippen molar-refractivity contribution in [2.24, 2.45) is 0 Å². The molecular weight excluding hydrogens is 522 g/mol. The molecule has 0 radical (unpaired) electrons. The molecule has 0 saturated carbocycles. The van der Waals surface area contributed by atoms with Crippen molar-refractivity contribution in [3.8, 4) is 0 Å². The van der Waals surface area contributed by atoms with Crippen LogP contribution in [-0.4, -0.2) is 54.4 Å². The number of halogens is 1. The van der Waals surface area contributed by atoms with E-state index in [0.29, 0.717) is 16.7 Å². The number of carbonyl (C=O) groups excluding carboxylic acids is 3. The molecule has 1 aromatic heterocycles. The Labute approximate surface area is 212 Å². The lowest BCUT2D eigenvalue weighted by atomic mass is 10.0. The van der Waals surface area contributed by atoms with Crippen molar-refractivity contribution in [2.75, 3.05) is 20.3 Å². The van der Waals surface area contributed by atoms with E-state index in [-0.39, 0.29) is 19.0 Å². The van der Waals surface area contributed by atoms with Gasteiger partial charge in [0.25, 0.3) is 5.91 Å². The fourth-order valence-corrected chi connectivity index (χ4v) is 4.52. The highest BCUT2D eigenvalue weighted by Gasteiger charge is 2.46. The van der Waals surface area contributed by atoms with Gasteiger partial charge in [0, 0.05) is 27.1 Å². The lowest BCUT2D eigenvalue weighted by Gasteiger charge is -2.28. The quantitative estimate of drug-likeness (QED) is 0.303. The van der Waals surface area contributed by atoms with E-state index in [2.05, 4.69) is 15.9 Å². The lowest BCUT2D eigenvalue weighted by Crippen LogP contribution is -2.45. The summed E-state index contributed by atoms with van der Waals surface area (Å²) >= 11 is 3.47. The van der Waals surface area contributed by atoms with Gasteiger partial charge in [-0.05, 0) is 40.4 Å². The first-order valence-corrected chi connectivity index (χ1v) is 12.3. The summed E-state index contributed by atoms with van der Waals surface area (Å²) in [6, 6.07) is 10.1. The van der Waals surface area contributed by atoms with Gasteiger partial charge >= 0.3 is 12.1 Å². The topological polar surface area (TPSA) is 116 Å². The summed E-state index contributed by atoms with van der Waals surface area (Å²) < 4.78 is 22.8. The average Bonchev–Trinajstić information content (AvgIpc) is 3.41. The number of imide groups is 1. The predicted octanol–water partition coefficient (Wildman–Crippen LogP) is 4.48. The zero-order chi connectivity index (χ0) is 25.4. The van der Waals surface area contributed by atoms with Crippen LogP contribution in [0.15, 0.2) is 45.3 Å². The first-order valence-electron chi connectivity index (χ1n) is 11.5. The molecule has 1 aromatic carbocycles. The molecule has 2 heterocycles. The highest BCUT2D eigenvalue weighted by Crippen LogP contribution is 2.35. The number of rotatable bonds is 12. The van der Waals surface area contributed by atoms with Crippen LogP contribution in [0.2, 0.25) is 0 Å². The van der Waals surface area contributed by atoms with Gasteiger partial charge in [0.2, 0.25) is 0 Å². The van der Waals surface area contributed by atoms with Gasteiger partial charge in [-0.25, -0.2) is 9.69 Å². The highest BCUT2D eigenvalue weighted by molar-refractivity contribution is 9.10. The van der Waals surface area contributed by atoms with E-state index in [0.717, 1.165) is 36.1 Å². The first kappa shape index (κ1) is 26.9. The molecular formula is C25H30BrNO8. The number of methoxy groups -OCH3 is 1. The smallest absolute Gasteiger partial charge is 0.417 e. The monoisotopic (exact) mass is 551 g/mol. The summed E-state index contributed by atoms with van der Waals surface area (Å²) in [5, 5.41) is 8.92. The van der Waals surface area contributed by atoms with Crippen LogP contribution in [0.25, 0.3) is 0 Å². The van der Waals surface area contributed by atoms with E-state index in [4.69, 9.17) is 23.7 Å². The van der Waals surface area contributed by atoms with E-state index < -0.39 is 36.2 Å². The standard InChI is InChI=1S/C25H30BrNO8/c1-16(29)34-22(21-14-18(26)20(35-21)12-8-3-4-9-13-28)23(32-2)24(30)27-19(15-33-25(27)31)17-10-6-5-7-11-17/h5-7,10-11,14,19,22-23,28H,3-4,8-9,12-13,15H2,1-2H3/t19-,22-,23+/m1/s1. The van der Waals surface area contributed by atoms with Gasteiger partial charge in [-0.1, -0.05) is 43.2 Å². The molecule has 2 aromatic rings. The average molecular weight is 552 g/mol. The molecule has 0 unspecified atom stereocenters. The van der Waals surface area contributed by atoms with Crippen LogP contribution >= 0.6 is 15.9 Å². The van der Waals surface area contributed by atoms with E-state index in [1.54, 1.807) is 18.2 Å². The molecule has 0 bridgehead atoms. The van der Waals surface area contributed by atoms with Crippen molar-refractivity contribution in [1.82, 2.24) is 4.90 Å². The molecule has 1 aliphatic rings. The maximum Gasteiger partial charge on any atom is 0.417 e. The Morgan fingerprint density at radius 3 is 2.57 bits per heavy atom. The Morgan fingerprint density at radius 1 is 1.20 bits per heavy atom. The minimum Gasteiger partial charge on any atom is -0.461 e. The molecule has 35 heavy (non-hydrogen) atoms. The molecule has 0 spiro atoms. The Hall–Kier alpha value is -2.69. The zero-order valence-corrected chi connectivity index (χ0v) is 21.4. The number of cyclic esters (lactones) is 1. The number of hydrogen-bond donors (Lipinski definition) is 1. The van der Waals surface area contributed by atoms with E-state index >= 15 is 0 Å². The summed E-state index contributed by atoms with van der Waals surface area (Å²) in [6.45, 7) is 1.40. The van der Waals surface area contributed by atoms with Crippen LogP contribution in [-0.2, 0) is 30.2 Å². The number of nitrogens with zero attached hydrogens (tertiary/aromatic N) is 1. The van der Waals surface area contributed by atoms with Gasteiger partial charge in [-0.3, -0.25) is 9.59 Å². The number of amides is 2. The van der Waals surface area contributed by atoms with Crippen molar-refractivity contribution in [1.29, 1.82) is 0 Å². The summed E-state index contributed by atoms with van der Waals surface area (Å²) in [4.78, 5) is 39.0. The SMILES string of the molecule is CO[C@H](C(=O)N1C(=O)OC[C@@H]1c1ccccc1)[C@H](OC(C)=O)c1cc(Br)c(CCCCCCO)o1. The lowest BCUT2D eigenvalue weighted by molar-refractivity contribution is -0.164. The van der Waals surface area contributed by atoms with E-state index in [1.165, 1.54) is 14.0 Å². The number of aliphatic hydroxyl groups excluding tert-OH is 1. The van der Waals surface area contributed by atoms with Crippen LogP contribution in [0.4, 0.5) is 4.79 Å². The highest BCUT2D eigenvalue weighted by atomic mass is 79.9. The molecule has 1 fully saturated rings. The molecule has 1 saturated heterocycles. The second-order valence-corrected chi connectivity index (χ2v) is 9.06.